The summed E-state index contributed by atoms with van der Waals surface area (Å²) in [5, 5.41) is 9.95. The molecule has 1 aromatic heterocycles. The fourth-order valence-electron chi connectivity index (χ4n) is 2.19. The molecule has 0 atom stereocenters. The molecule has 0 aliphatic rings. The third-order valence-electron chi connectivity index (χ3n) is 3.25. The highest BCUT2D eigenvalue weighted by Crippen LogP contribution is 2.29. The third-order valence-corrected chi connectivity index (χ3v) is 3.98. The van der Waals surface area contributed by atoms with Gasteiger partial charge < -0.3 is 10.1 Å². The van der Waals surface area contributed by atoms with Gasteiger partial charge in [0.15, 0.2) is 0 Å². The van der Waals surface area contributed by atoms with Crippen molar-refractivity contribution in [1.29, 1.82) is 0 Å². The Morgan fingerprint density at radius 2 is 1.90 bits per heavy atom. The van der Waals surface area contributed by atoms with E-state index >= 15 is 0 Å². The maximum Gasteiger partial charge on any atom is 0.335 e. The van der Waals surface area contributed by atoms with Gasteiger partial charge in [0, 0.05) is 5.56 Å². The zero-order chi connectivity index (χ0) is 15.1. The summed E-state index contributed by atoms with van der Waals surface area (Å²) in [7, 11) is 0. The number of aromatic nitrogens is 2. The van der Waals surface area contributed by atoms with Crippen LogP contribution in [0.2, 0.25) is 10.0 Å². The average molecular weight is 321 g/mol. The second-order valence-corrected chi connectivity index (χ2v) is 5.52. The van der Waals surface area contributed by atoms with Gasteiger partial charge >= 0.3 is 5.97 Å². The van der Waals surface area contributed by atoms with Gasteiger partial charge in [0.05, 0.1) is 26.6 Å². The van der Waals surface area contributed by atoms with Gasteiger partial charge in [0.1, 0.15) is 5.82 Å². The normalized spacial score (nSPS) is 11.0. The highest BCUT2D eigenvalue weighted by Gasteiger charge is 2.11. The quantitative estimate of drug-likeness (QED) is 0.728. The van der Waals surface area contributed by atoms with E-state index in [1.54, 1.807) is 37.3 Å². The molecule has 1 heterocycles. The van der Waals surface area contributed by atoms with E-state index in [1.807, 2.05) is 0 Å². The minimum absolute atomic E-state index is 0.279. The molecule has 2 N–H and O–H groups in total. The van der Waals surface area contributed by atoms with Crippen LogP contribution in [-0.2, 0) is 0 Å². The Balaban J connectivity index is 2.12. The van der Waals surface area contributed by atoms with Crippen molar-refractivity contribution in [1.82, 2.24) is 9.97 Å². The third kappa shape index (κ3) is 2.48. The van der Waals surface area contributed by atoms with Crippen LogP contribution in [-0.4, -0.2) is 21.0 Å². The monoisotopic (exact) mass is 320 g/mol. The number of halogens is 2. The second-order valence-electron chi connectivity index (χ2n) is 4.70. The summed E-state index contributed by atoms with van der Waals surface area (Å²) >= 11 is 12.0. The van der Waals surface area contributed by atoms with Crippen LogP contribution in [0.4, 0.5) is 0 Å². The number of fused-ring (bicyclic) bond motifs is 1. The molecule has 0 unspecified atom stereocenters. The van der Waals surface area contributed by atoms with Gasteiger partial charge in [-0.2, -0.15) is 0 Å². The number of carbonyl (C=O) groups is 1. The van der Waals surface area contributed by atoms with Crippen molar-refractivity contribution in [2.24, 2.45) is 0 Å². The largest absolute Gasteiger partial charge is 0.478 e. The minimum Gasteiger partial charge on any atom is -0.478 e. The molecule has 3 aromatic rings. The maximum absolute atomic E-state index is 11.0. The number of carboxylic acid groups (broad SMARTS) is 1. The summed E-state index contributed by atoms with van der Waals surface area (Å²) in [6, 6.07) is 8.48. The van der Waals surface area contributed by atoms with Gasteiger partial charge in [-0.3, -0.25) is 0 Å². The van der Waals surface area contributed by atoms with E-state index in [9.17, 15) is 4.79 Å². The zero-order valence-electron chi connectivity index (χ0n) is 10.9. The Bertz CT molecular complexity index is 832. The number of H-pyrrole nitrogens is 1. The summed E-state index contributed by atoms with van der Waals surface area (Å²) in [6.07, 6.45) is 0. The molecule has 4 nitrogen and oxygen atoms in total. The predicted octanol–water partition coefficient (Wildman–Crippen LogP) is 4.54. The minimum atomic E-state index is -0.942. The van der Waals surface area contributed by atoms with Gasteiger partial charge in [-0.1, -0.05) is 29.3 Å². The van der Waals surface area contributed by atoms with Crippen LogP contribution in [0.5, 0.6) is 0 Å². The fraction of sp³-hybridized carbons (Fsp3) is 0.0667. The summed E-state index contributed by atoms with van der Waals surface area (Å²) < 4.78 is 0. The number of benzene rings is 2. The molecule has 0 spiro atoms. The first-order valence-corrected chi connectivity index (χ1v) is 6.90. The molecule has 0 aliphatic heterocycles. The summed E-state index contributed by atoms with van der Waals surface area (Å²) in [5.74, 6) is -0.300. The standard InChI is InChI=1S/C15H10Cl2N2O2/c1-7-4-8(2-3-9(7)15(20)21)14-18-12-5-10(16)11(17)6-13(12)19-14/h2-6H,1H3,(H,18,19)(H,20,21). The molecule has 0 amide bonds. The van der Waals surface area contributed by atoms with Crippen LogP contribution in [0.1, 0.15) is 15.9 Å². The lowest BCUT2D eigenvalue weighted by Crippen LogP contribution is -1.99. The Kier molecular flexibility index (Phi) is 3.35. The van der Waals surface area contributed by atoms with E-state index in [0.717, 1.165) is 11.1 Å². The molecular formula is C15H10Cl2N2O2. The van der Waals surface area contributed by atoms with Gasteiger partial charge in [0.2, 0.25) is 0 Å². The van der Waals surface area contributed by atoms with Crippen LogP contribution >= 0.6 is 23.2 Å². The smallest absolute Gasteiger partial charge is 0.335 e. The van der Waals surface area contributed by atoms with Gasteiger partial charge in [-0.15, -0.1) is 0 Å². The summed E-state index contributed by atoms with van der Waals surface area (Å²) in [5.41, 5.74) is 3.25. The topological polar surface area (TPSA) is 66.0 Å². The molecule has 0 saturated carbocycles. The Labute approximate surface area is 130 Å². The van der Waals surface area contributed by atoms with Crippen molar-refractivity contribution >= 4 is 40.2 Å². The van der Waals surface area contributed by atoms with E-state index < -0.39 is 5.97 Å². The predicted molar refractivity (Wildman–Crippen MR) is 83.2 cm³/mol. The molecule has 3 rings (SSSR count). The van der Waals surface area contributed by atoms with E-state index in [2.05, 4.69) is 9.97 Å². The number of hydrogen-bond acceptors (Lipinski definition) is 2. The van der Waals surface area contributed by atoms with E-state index in [0.29, 0.717) is 26.9 Å². The highest BCUT2D eigenvalue weighted by molar-refractivity contribution is 6.42. The summed E-state index contributed by atoms with van der Waals surface area (Å²) in [4.78, 5) is 18.6. The van der Waals surface area contributed by atoms with Crippen molar-refractivity contribution in [3.63, 3.8) is 0 Å². The first-order chi connectivity index (χ1) is 9.95. The number of imidazole rings is 1. The van der Waals surface area contributed by atoms with Gasteiger partial charge in [-0.05, 0) is 36.8 Å². The van der Waals surface area contributed by atoms with E-state index in [4.69, 9.17) is 28.3 Å². The molecule has 0 aliphatic carbocycles. The number of rotatable bonds is 2. The van der Waals surface area contributed by atoms with Crippen molar-refractivity contribution in [3.05, 3.63) is 51.5 Å². The molecule has 0 saturated heterocycles. The van der Waals surface area contributed by atoms with Crippen LogP contribution < -0.4 is 0 Å². The number of nitrogens with one attached hydrogen (secondary N) is 1. The van der Waals surface area contributed by atoms with Gasteiger partial charge in [-0.25, -0.2) is 9.78 Å². The summed E-state index contributed by atoms with van der Waals surface area (Å²) in [6.45, 7) is 1.75. The molecule has 0 bridgehead atoms. The Hall–Kier alpha value is -2.04. The molecule has 106 valence electrons. The number of aryl methyl sites for hydroxylation is 1. The van der Waals surface area contributed by atoms with E-state index in [-0.39, 0.29) is 5.56 Å². The maximum atomic E-state index is 11.0. The number of aromatic amines is 1. The first-order valence-electron chi connectivity index (χ1n) is 6.15. The van der Waals surface area contributed by atoms with Crippen LogP contribution in [0.15, 0.2) is 30.3 Å². The molecule has 2 aromatic carbocycles. The lowest BCUT2D eigenvalue weighted by atomic mass is 10.1. The second kappa shape index (κ2) is 5.06. The zero-order valence-corrected chi connectivity index (χ0v) is 12.5. The van der Waals surface area contributed by atoms with Crippen LogP contribution in [0.25, 0.3) is 22.4 Å². The number of hydrogen-bond donors (Lipinski definition) is 2. The molecule has 0 fully saturated rings. The van der Waals surface area contributed by atoms with Crippen LogP contribution in [0.3, 0.4) is 0 Å². The van der Waals surface area contributed by atoms with Gasteiger partial charge in [0.25, 0.3) is 0 Å². The van der Waals surface area contributed by atoms with Crippen molar-refractivity contribution in [2.75, 3.05) is 0 Å². The Morgan fingerprint density at radius 1 is 1.19 bits per heavy atom. The van der Waals surface area contributed by atoms with Crippen molar-refractivity contribution < 1.29 is 9.90 Å². The van der Waals surface area contributed by atoms with Crippen LogP contribution in [0, 0.1) is 6.92 Å². The molecule has 0 radical (unpaired) electrons. The highest BCUT2D eigenvalue weighted by atomic mass is 35.5. The number of carboxylic acids is 1. The lowest BCUT2D eigenvalue weighted by Gasteiger charge is -2.02. The van der Waals surface area contributed by atoms with E-state index in [1.165, 1.54) is 0 Å². The first kappa shape index (κ1) is 13.9. The average Bonchev–Trinajstić information content (AvgIpc) is 2.81. The fourth-order valence-corrected chi connectivity index (χ4v) is 2.51. The van der Waals surface area contributed by atoms with Crippen molar-refractivity contribution in [3.8, 4) is 11.4 Å². The van der Waals surface area contributed by atoms with Crippen molar-refractivity contribution in [2.45, 2.75) is 6.92 Å². The number of nitrogens with zero attached hydrogens (tertiary/aromatic N) is 1. The SMILES string of the molecule is Cc1cc(-c2nc3cc(Cl)c(Cl)cc3[nH]2)ccc1C(=O)O. The lowest BCUT2D eigenvalue weighted by molar-refractivity contribution is 0.0696. The Morgan fingerprint density at radius 3 is 2.57 bits per heavy atom. The molecular weight excluding hydrogens is 311 g/mol. The molecule has 6 heteroatoms. The molecule has 21 heavy (non-hydrogen) atoms. The number of aromatic carboxylic acids is 1.